The Morgan fingerprint density at radius 1 is 1.04 bits per heavy atom. The smallest absolute Gasteiger partial charge is 0.493 e. The molecule has 5 atom stereocenters. The molecule has 0 aliphatic carbocycles. The lowest BCUT2D eigenvalue weighted by Crippen LogP contribution is -2.68. The molecule has 52 heavy (non-hydrogen) atoms. The molecule has 4 aliphatic rings. The van der Waals surface area contributed by atoms with Gasteiger partial charge >= 0.3 is 6.16 Å². The van der Waals surface area contributed by atoms with Gasteiger partial charge in [-0.1, -0.05) is 36.4 Å². The molecule has 1 amide bonds. The molecule has 4 aliphatic heterocycles. The Labute approximate surface area is 307 Å². The van der Waals surface area contributed by atoms with Crippen molar-refractivity contribution in [2.45, 2.75) is 69.7 Å². The Kier molecular flexibility index (Phi) is 10.1. The molecule has 4 heterocycles. The minimum Gasteiger partial charge on any atom is -0.493 e. The molecule has 1 fully saturated rings. The first-order chi connectivity index (χ1) is 25.2. The summed E-state index contributed by atoms with van der Waals surface area (Å²) in [5.41, 5.74) is 5.83. The Balaban J connectivity index is 1.39. The second-order valence-electron chi connectivity index (χ2n) is 13.5. The minimum absolute atomic E-state index is 0.00296. The Hall–Kier alpha value is -4.74. The van der Waals surface area contributed by atoms with Gasteiger partial charge in [0.25, 0.3) is 0 Å². The topological polar surface area (TPSA) is 141 Å². The Bertz CT molecular complexity index is 1920. The van der Waals surface area contributed by atoms with Crippen molar-refractivity contribution < 1.29 is 42.3 Å². The summed E-state index contributed by atoms with van der Waals surface area (Å²) in [7, 11) is 5.20. The monoisotopic (exact) mass is 732 g/mol. The average Bonchev–Trinajstić information content (AvgIpc) is 3.64. The number of hydrogen-bond donors (Lipinski definition) is 1. The van der Waals surface area contributed by atoms with E-state index in [9.17, 15) is 14.9 Å². The van der Waals surface area contributed by atoms with E-state index in [4.69, 9.17) is 40.3 Å². The van der Waals surface area contributed by atoms with E-state index in [0.29, 0.717) is 59.0 Å². The Morgan fingerprint density at radius 3 is 2.52 bits per heavy atom. The van der Waals surface area contributed by atoms with Gasteiger partial charge in [0.1, 0.15) is 23.7 Å². The van der Waals surface area contributed by atoms with Crippen molar-refractivity contribution in [3.05, 3.63) is 75.3 Å². The SMILES string of the molecule is COCOc1c(OC)c(C)cc2c1[C@@H]1C3Cc4c(OC(=O)OCl)c(C)c5c(c4[C@H](CNC(=O)CCc4ccccc4)N3[C@@H](C#N)[C@H](C2)N1C)OCO5. The number of nitrogens with zero attached hydrogens (tertiary/aromatic N) is 3. The molecule has 3 aromatic carbocycles. The van der Waals surface area contributed by atoms with E-state index in [0.717, 1.165) is 22.3 Å². The summed E-state index contributed by atoms with van der Waals surface area (Å²) in [5, 5.41) is 14.2. The third-order valence-corrected chi connectivity index (χ3v) is 10.9. The van der Waals surface area contributed by atoms with E-state index in [1.807, 2.05) is 44.3 Å². The molecule has 274 valence electrons. The van der Waals surface area contributed by atoms with Crippen molar-refractivity contribution in [2.24, 2.45) is 0 Å². The number of ether oxygens (including phenoxy) is 6. The van der Waals surface area contributed by atoms with E-state index in [1.54, 1.807) is 21.1 Å². The van der Waals surface area contributed by atoms with Crippen molar-refractivity contribution in [1.82, 2.24) is 15.1 Å². The number of carbonyl (C=O) groups excluding carboxylic acids is 2. The maximum Gasteiger partial charge on any atom is 0.532 e. The van der Waals surface area contributed by atoms with Crippen molar-refractivity contribution in [1.29, 1.82) is 5.26 Å². The van der Waals surface area contributed by atoms with Crippen molar-refractivity contribution in [2.75, 3.05) is 41.4 Å². The van der Waals surface area contributed by atoms with Crippen LogP contribution in [0.5, 0.6) is 28.7 Å². The van der Waals surface area contributed by atoms with Crippen LogP contribution in [0.3, 0.4) is 0 Å². The van der Waals surface area contributed by atoms with Crippen LogP contribution in [0.25, 0.3) is 0 Å². The maximum atomic E-state index is 13.5. The third kappa shape index (κ3) is 6.03. The van der Waals surface area contributed by atoms with Crippen LogP contribution in [0, 0.1) is 25.2 Å². The minimum atomic E-state index is -1.10. The number of amides is 1. The van der Waals surface area contributed by atoms with Crippen molar-refractivity contribution in [3.63, 3.8) is 0 Å². The van der Waals surface area contributed by atoms with E-state index < -0.39 is 18.2 Å². The molecule has 3 aromatic rings. The molecule has 0 radical (unpaired) electrons. The fourth-order valence-electron chi connectivity index (χ4n) is 8.71. The number of methoxy groups -OCH3 is 2. The van der Waals surface area contributed by atoms with Crippen LogP contribution in [0.1, 0.15) is 57.4 Å². The Morgan fingerprint density at radius 2 is 1.81 bits per heavy atom. The number of halogens is 1. The molecule has 2 bridgehead atoms. The van der Waals surface area contributed by atoms with Crippen molar-refractivity contribution in [3.8, 4) is 34.8 Å². The lowest BCUT2D eigenvalue weighted by molar-refractivity contribution is -0.122. The largest absolute Gasteiger partial charge is 0.532 e. The molecule has 7 rings (SSSR count). The van der Waals surface area contributed by atoms with Crippen LogP contribution >= 0.6 is 11.9 Å². The van der Waals surface area contributed by atoms with Gasteiger partial charge in [0.15, 0.2) is 29.8 Å². The first-order valence-electron chi connectivity index (χ1n) is 17.2. The highest BCUT2D eigenvalue weighted by Gasteiger charge is 2.57. The first-order valence-corrected chi connectivity index (χ1v) is 17.5. The summed E-state index contributed by atoms with van der Waals surface area (Å²) in [6, 6.07) is 12.5. The highest BCUT2D eigenvalue weighted by atomic mass is 35.5. The van der Waals surface area contributed by atoms with E-state index >= 15 is 0 Å². The molecule has 0 aromatic heterocycles. The molecule has 1 N–H and O–H groups in total. The lowest BCUT2D eigenvalue weighted by atomic mass is 9.71. The highest BCUT2D eigenvalue weighted by Crippen LogP contribution is 2.58. The van der Waals surface area contributed by atoms with Crippen LogP contribution in [-0.4, -0.2) is 81.4 Å². The molecular formula is C38H41ClN4O9. The molecule has 14 heteroatoms. The zero-order valence-corrected chi connectivity index (χ0v) is 30.5. The zero-order chi connectivity index (χ0) is 36.7. The number of benzene rings is 3. The molecule has 13 nitrogen and oxygen atoms in total. The zero-order valence-electron chi connectivity index (χ0n) is 29.7. The molecule has 1 saturated heterocycles. The van der Waals surface area contributed by atoms with Gasteiger partial charge in [-0.05, 0) is 56.8 Å². The number of likely N-dealkylation sites (N-methyl/N-ethyl adjacent to an activating group) is 1. The number of aryl methyl sites for hydroxylation is 2. The summed E-state index contributed by atoms with van der Waals surface area (Å²) in [5.74, 6) is 2.17. The van der Waals surface area contributed by atoms with Crippen LogP contribution in [0.4, 0.5) is 4.79 Å². The number of piperazine rings is 1. The molecule has 1 unspecified atom stereocenters. The number of rotatable bonds is 10. The van der Waals surface area contributed by atoms with Crippen LogP contribution in [0.15, 0.2) is 36.4 Å². The van der Waals surface area contributed by atoms with Crippen LogP contribution < -0.4 is 29.0 Å². The summed E-state index contributed by atoms with van der Waals surface area (Å²) in [6.07, 6.45) is 0.644. The molecule has 0 saturated carbocycles. The quantitative estimate of drug-likeness (QED) is 0.166. The number of hydrogen-bond acceptors (Lipinski definition) is 12. The summed E-state index contributed by atoms with van der Waals surface area (Å²) in [6.45, 7) is 3.85. The molecule has 0 spiro atoms. The van der Waals surface area contributed by atoms with Gasteiger partial charge in [0.05, 0.1) is 25.3 Å². The fraction of sp³-hybridized carbons (Fsp3) is 0.447. The van der Waals surface area contributed by atoms with E-state index in [-0.39, 0.29) is 56.3 Å². The predicted octanol–water partition coefficient (Wildman–Crippen LogP) is 5.21. The molecular weight excluding hydrogens is 692 g/mol. The lowest BCUT2D eigenvalue weighted by Gasteiger charge is -2.60. The van der Waals surface area contributed by atoms with E-state index in [2.05, 4.69) is 31.5 Å². The summed E-state index contributed by atoms with van der Waals surface area (Å²) in [4.78, 5) is 30.5. The maximum absolute atomic E-state index is 13.5. The van der Waals surface area contributed by atoms with Gasteiger partial charge in [-0.25, -0.2) is 4.79 Å². The van der Waals surface area contributed by atoms with Crippen molar-refractivity contribution >= 4 is 23.9 Å². The van der Waals surface area contributed by atoms with Crippen LogP contribution in [-0.2, 0) is 33.1 Å². The summed E-state index contributed by atoms with van der Waals surface area (Å²) >= 11 is 5.47. The number of nitrogens with one attached hydrogen (secondary N) is 1. The van der Waals surface area contributed by atoms with Crippen LogP contribution in [0.2, 0.25) is 0 Å². The summed E-state index contributed by atoms with van der Waals surface area (Å²) < 4.78 is 39.8. The normalized spacial score (nSPS) is 22.7. The number of fused-ring (bicyclic) bond motifs is 9. The third-order valence-electron chi connectivity index (χ3n) is 10.8. The number of nitriles is 1. The van der Waals surface area contributed by atoms with Gasteiger partial charge < -0.3 is 38.0 Å². The predicted molar refractivity (Wildman–Crippen MR) is 188 cm³/mol. The standard InChI is InChI=1S/C38H41ClN4O9/c1-20-13-23-14-25-27(16-40)43-26(32(42(25)3)30(23)36(33(20)47-5)48-18-46-4)15-24-31(28(43)17-41-29(44)12-11-22-9-7-6-8-10-22)37-35(49-19-50-37)21(2)34(24)51-38(45)52-39/h6-10,13,25-28,32H,11-12,14-15,17-19H2,1-5H3,(H,41,44)/t25-,26?,27-,28-,32-/m0/s1. The highest BCUT2D eigenvalue weighted by molar-refractivity contribution is 6.12. The second-order valence-corrected chi connectivity index (χ2v) is 13.7. The van der Waals surface area contributed by atoms with Gasteiger partial charge in [-0.15, -0.1) is 0 Å². The van der Waals surface area contributed by atoms with E-state index in [1.165, 1.54) is 0 Å². The van der Waals surface area contributed by atoms with Gasteiger partial charge in [-0.3, -0.25) is 14.6 Å². The van der Waals surface area contributed by atoms with Gasteiger partial charge in [0.2, 0.25) is 12.7 Å². The van der Waals surface area contributed by atoms with Gasteiger partial charge in [-0.2, -0.15) is 5.26 Å². The first kappa shape index (κ1) is 35.7. The fourth-order valence-corrected chi connectivity index (χ4v) is 8.74. The average molecular weight is 733 g/mol. The van der Waals surface area contributed by atoms with Gasteiger partial charge in [0, 0.05) is 54.4 Å². The second kappa shape index (κ2) is 14.7. The number of carbonyl (C=O) groups is 2.